The largest absolute Gasteiger partial charge is 0.324 e. The molecule has 1 saturated carbocycles. The molecule has 2 fully saturated rings. The Labute approximate surface area is 193 Å². The van der Waals surface area contributed by atoms with Gasteiger partial charge in [-0.2, -0.15) is 0 Å². The molecule has 0 amide bonds. The molecular formula is C26H32N5P. The highest BCUT2D eigenvalue weighted by Gasteiger charge is 2.28. The second-order valence-corrected chi connectivity index (χ2v) is 9.87. The molecule has 3 aromatic rings. The van der Waals surface area contributed by atoms with Crippen LogP contribution < -0.4 is 10.6 Å². The summed E-state index contributed by atoms with van der Waals surface area (Å²) in [5.41, 5.74) is 7.13. The highest BCUT2D eigenvalue weighted by atomic mass is 31.0. The molecule has 2 heterocycles. The number of hydrogen-bond donors (Lipinski definition) is 1. The van der Waals surface area contributed by atoms with Gasteiger partial charge in [-0.25, -0.2) is 9.97 Å². The van der Waals surface area contributed by atoms with Crippen molar-refractivity contribution in [1.29, 1.82) is 0 Å². The maximum Gasteiger partial charge on any atom is 0.227 e. The molecule has 6 heteroatoms. The Hall–Kier alpha value is -2.33. The van der Waals surface area contributed by atoms with Gasteiger partial charge in [-0.15, -0.1) is 9.24 Å². The maximum absolute atomic E-state index is 4.95. The SMILES string of the molecule is Cc1cc(-c2nc(Nc3ccc(CN4CCN(C)CC4)cc3)ncc2C2CC2)ccc1P. The van der Waals surface area contributed by atoms with Gasteiger partial charge in [0.2, 0.25) is 5.95 Å². The Bertz CT molecular complexity index is 1090. The summed E-state index contributed by atoms with van der Waals surface area (Å²) >= 11 is 0. The molecule has 1 N–H and O–H groups in total. The number of benzene rings is 2. The minimum absolute atomic E-state index is 0.601. The van der Waals surface area contributed by atoms with Crippen LogP contribution >= 0.6 is 9.24 Å². The van der Waals surface area contributed by atoms with Gasteiger partial charge < -0.3 is 10.2 Å². The number of aromatic nitrogens is 2. The predicted molar refractivity (Wildman–Crippen MR) is 136 cm³/mol. The number of nitrogens with zero attached hydrogens (tertiary/aromatic N) is 4. The zero-order valence-corrected chi connectivity index (χ0v) is 20.2. The number of piperazine rings is 1. The minimum atomic E-state index is 0.601. The van der Waals surface area contributed by atoms with Gasteiger partial charge in [0.15, 0.2) is 0 Å². The Balaban J connectivity index is 1.32. The molecule has 1 aliphatic carbocycles. The van der Waals surface area contributed by atoms with Gasteiger partial charge >= 0.3 is 0 Å². The second kappa shape index (κ2) is 9.27. The molecule has 2 aromatic carbocycles. The number of likely N-dealkylation sites (N-methyl/N-ethyl adjacent to an activating group) is 1. The Kier molecular flexibility index (Phi) is 6.23. The molecular weight excluding hydrogens is 413 g/mol. The first kappa shape index (κ1) is 21.5. The monoisotopic (exact) mass is 445 g/mol. The van der Waals surface area contributed by atoms with Gasteiger partial charge in [0, 0.05) is 55.7 Å². The average molecular weight is 446 g/mol. The zero-order valence-electron chi connectivity index (χ0n) is 19.0. The average Bonchev–Trinajstić information content (AvgIpc) is 3.64. The highest BCUT2D eigenvalue weighted by Crippen LogP contribution is 2.43. The fourth-order valence-corrected chi connectivity index (χ4v) is 4.47. The van der Waals surface area contributed by atoms with Gasteiger partial charge in [0.1, 0.15) is 0 Å². The Morgan fingerprint density at radius 3 is 2.47 bits per heavy atom. The topological polar surface area (TPSA) is 44.3 Å². The second-order valence-electron chi connectivity index (χ2n) is 9.24. The molecule has 1 atom stereocenters. The molecule has 32 heavy (non-hydrogen) atoms. The first-order valence-corrected chi connectivity index (χ1v) is 12.1. The fourth-order valence-electron chi connectivity index (χ4n) is 4.29. The highest BCUT2D eigenvalue weighted by molar-refractivity contribution is 7.27. The summed E-state index contributed by atoms with van der Waals surface area (Å²) in [6.07, 6.45) is 4.49. The number of aryl methyl sites for hydroxylation is 1. The van der Waals surface area contributed by atoms with E-state index in [2.05, 4.69) is 85.8 Å². The lowest BCUT2D eigenvalue weighted by atomic mass is 10.0. The van der Waals surface area contributed by atoms with Crippen molar-refractivity contribution < 1.29 is 0 Å². The van der Waals surface area contributed by atoms with E-state index >= 15 is 0 Å². The van der Waals surface area contributed by atoms with Crippen LogP contribution in [0.2, 0.25) is 0 Å². The van der Waals surface area contributed by atoms with E-state index in [0.29, 0.717) is 11.9 Å². The summed E-state index contributed by atoms with van der Waals surface area (Å²) in [6.45, 7) is 7.73. The maximum atomic E-state index is 4.95. The van der Waals surface area contributed by atoms with E-state index in [1.54, 1.807) is 0 Å². The Morgan fingerprint density at radius 1 is 1.03 bits per heavy atom. The molecule has 166 valence electrons. The van der Waals surface area contributed by atoms with Gasteiger partial charge in [-0.1, -0.05) is 24.3 Å². The van der Waals surface area contributed by atoms with Crippen LogP contribution in [-0.2, 0) is 6.54 Å². The van der Waals surface area contributed by atoms with Crippen LogP contribution in [0.1, 0.15) is 35.4 Å². The van der Waals surface area contributed by atoms with E-state index in [9.17, 15) is 0 Å². The molecule has 0 spiro atoms. The zero-order chi connectivity index (χ0) is 22.1. The molecule has 1 aromatic heterocycles. The van der Waals surface area contributed by atoms with Crippen molar-refractivity contribution in [3.05, 3.63) is 65.4 Å². The summed E-state index contributed by atoms with van der Waals surface area (Å²) in [6, 6.07) is 15.2. The van der Waals surface area contributed by atoms with Crippen molar-refractivity contribution in [2.24, 2.45) is 0 Å². The van der Waals surface area contributed by atoms with Gasteiger partial charge in [-0.3, -0.25) is 4.90 Å². The lowest BCUT2D eigenvalue weighted by Crippen LogP contribution is -2.43. The third-order valence-corrected chi connectivity index (χ3v) is 7.24. The third-order valence-electron chi connectivity index (χ3n) is 6.59. The van der Waals surface area contributed by atoms with E-state index in [0.717, 1.165) is 44.1 Å². The van der Waals surface area contributed by atoms with E-state index in [1.807, 2.05) is 6.20 Å². The van der Waals surface area contributed by atoms with E-state index in [4.69, 9.17) is 4.98 Å². The number of rotatable bonds is 6. The van der Waals surface area contributed by atoms with Crippen LogP contribution in [0.5, 0.6) is 0 Å². The van der Waals surface area contributed by atoms with E-state index in [-0.39, 0.29) is 0 Å². The van der Waals surface area contributed by atoms with Gasteiger partial charge in [-0.05, 0) is 67.4 Å². The summed E-state index contributed by atoms with van der Waals surface area (Å²) in [4.78, 5) is 14.5. The predicted octanol–water partition coefficient (Wildman–Crippen LogP) is 4.32. The van der Waals surface area contributed by atoms with Crippen molar-refractivity contribution in [3.63, 3.8) is 0 Å². The number of hydrogen-bond acceptors (Lipinski definition) is 5. The first-order chi connectivity index (χ1) is 15.5. The lowest BCUT2D eigenvalue weighted by Gasteiger charge is -2.32. The fraction of sp³-hybridized carbons (Fsp3) is 0.385. The van der Waals surface area contributed by atoms with Crippen molar-refractivity contribution >= 4 is 26.2 Å². The van der Waals surface area contributed by atoms with Crippen LogP contribution in [0.3, 0.4) is 0 Å². The quantitative estimate of drug-likeness (QED) is 0.573. The summed E-state index contributed by atoms with van der Waals surface area (Å²) in [7, 11) is 5.00. The molecule has 2 aliphatic rings. The Morgan fingerprint density at radius 2 is 1.78 bits per heavy atom. The smallest absolute Gasteiger partial charge is 0.227 e. The number of nitrogens with one attached hydrogen (secondary N) is 1. The molecule has 5 rings (SSSR count). The first-order valence-electron chi connectivity index (χ1n) is 11.6. The summed E-state index contributed by atoms with van der Waals surface area (Å²) < 4.78 is 0. The molecule has 5 nitrogen and oxygen atoms in total. The van der Waals surface area contributed by atoms with Crippen LogP contribution in [0.25, 0.3) is 11.3 Å². The normalized spacial score (nSPS) is 17.5. The minimum Gasteiger partial charge on any atom is -0.324 e. The van der Waals surface area contributed by atoms with Crippen molar-refractivity contribution in [1.82, 2.24) is 19.8 Å². The van der Waals surface area contributed by atoms with E-state index in [1.165, 1.54) is 40.4 Å². The van der Waals surface area contributed by atoms with Gasteiger partial charge in [0.25, 0.3) is 0 Å². The summed E-state index contributed by atoms with van der Waals surface area (Å²) in [5, 5.41) is 4.64. The molecule has 1 saturated heterocycles. The van der Waals surface area contributed by atoms with Crippen molar-refractivity contribution in [2.75, 3.05) is 38.5 Å². The standard InChI is InChI=1S/C26H32N5P/c1-18-15-21(7-10-24(18)32)25-23(20-5-6-20)16-27-26(29-25)28-22-8-3-19(4-9-22)17-31-13-11-30(2)12-14-31/h3-4,7-10,15-16,20H,5-6,11-14,17,32H2,1-2H3,(H,27,28,29). The van der Waals surface area contributed by atoms with Crippen LogP contribution in [-0.4, -0.2) is 53.0 Å². The lowest BCUT2D eigenvalue weighted by molar-refractivity contribution is 0.148. The van der Waals surface area contributed by atoms with Crippen LogP contribution in [0.4, 0.5) is 11.6 Å². The van der Waals surface area contributed by atoms with Crippen molar-refractivity contribution in [3.8, 4) is 11.3 Å². The van der Waals surface area contributed by atoms with Gasteiger partial charge in [0.05, 0.1) is 5.69 Å². The third kappa shape index (κ3) is 5.01. The van der Waals surface area contributed by atoms with E-state index < -0.39 is 0 Å². The number of anilines is 2. The van der Waals surface area contributed by atoms with Crippen LogP contribution in [0, 0.1) is 6.92 Å². The molecule has 0 radical (unpaired) electrons. The summed E-state index contributed by atoms with van der Waals surface area (Å²) in [5.74, 6) is 1.26. The van der Waals surface area contributed by atoms with Crippen LogP contribution in [0.15, 0.2) is 48.7 Å². The molecule has 1 unspecified atom stereocenters. The molecule has 1 aliphatic heterocycles. The molecule has 0 bridgehead atoms. The van der Waals surface area contributed by atoms with Crippen molar-refractivity contribution in [2.45, 2.75) is 32.2 Å².